The van der Waals surface area contributed by atoms with Gasteiger partial charge in [0.1, 0.15) is 23.0 Å². The van der Waals surface area contributed by atoms with Gasteiger partial charge < -0.3 is 14.9 Å². The van der Waals surface area contributed by atoms with Crippen molar-refractivity contribution in [3.63, 3.8) is 0 Å². The molecule has 5 rings (SSSR count). The Kier molecular flexibility index (Phi) is 4.48. The molecule has 0 aliphatic carbocycles. The van der Waals surface area contributed by atoms with Crippen LogP contribution < -0.4 is 4.74 Å². The van der Waals surface area contributed by atoms with Gasteiger partial charge in [-0.2, -0.15) is 0 Å². The molecule has 0 bridgehead atoms. The predicted molar refractivity (Wildman–Crippen MR) is 122 cm³/mol. The number of benzene rings is 4. The SMILES string of the molecule is CCc1cc2c(cc1O)Oc1cc(O)c(C)cc1C2(c1ccccc1)c1ccccc1. The highest BCUT2D eigenvalue weighted by Crippen LogP contribution is 2.57. The van der Waals surface area contributed by atoms with E-state index in [4.69, 9.17) is 4.74 Å². The van der Waals surface area contributed by atoms with Crippen LogP contribution in [0.25, 0.3) is 0 Å². The molecule has 31 heavy (non-hydrogen) atoms. The van der Waals surface area contributed by atoms with Crippen molar-refractivity contribution in [1.82, 2.24) is 0 Å². The number of aryl methyl sites for hydroxylation is 2. The van der Waals surface area contributed by atoms with Crippen LogP contribution in [0.4, 0.5) is 0 Å². The molecular weight excluding hydrogens is 384 g/mol. The Labute approximate surface area is 182 Å². The zero-order valence-electron chi connectivity index (χ0n) is 17.6. The van der Waals surface area contributed by atoms with Gasteiger partial charge in [-0.3, -0.25) is 0 Å². The average molecular weight is 408 g/mol. The molecule has 0 radical (unpaired) electrons. The van der Waals surface area contributed by atoms with E-state index in [9.17, 15) is 10.2 Å². The summed E-state index contributed by atoms with van der Waals surface area (Å²) >= 11 is 0. The number of phenols is 2. The molecule has 3 nitrogen and oxygen atoms in total. The van der Waals surface area contributed by atoms with Crippen LogP contribution in [0.2, 0.25) is 0 Å². The number of aromatic hydroxyl groups is 2. The number of hydrogen-bond donors (Lipinski definition) is 2. The van der Waals surface area contributed by atoms with Gasteiger partial charge in [0.25, 0.3) is 0 Å². The lowest BCUT2D eigenvalue weighted by molar-refractivity contribution is 0.412. The van der Waals surface area contributed by atoms with Crippen LogP contribution in [-0.2, 0) is 11.8 Å². The van der Waals surface area contributed by atoms with Crippen molar-refractivity contribution in [3.8, 4) is 23.0 Å². The van der Waals surface area contributed by atoms with E-state index in [-0.39, 0.29) is 11.5 Å². The van der Waals surface area contributed by atoms with Crippen LogP contribution in [-0.4, -0.2) is 10.2 Å². The average Bonchev–Trinajstić information content (AvgIpc) is 2.79. The highest BCUT2D eigenvalue weighted by atomic mass is 16.5. The third kappa shape index (κ3) is 2.81. The molecule has 0 amide bonds. The largest absolute Gasteiger partial charge is 0.508 e. The van der Waals surface area contributed by atoms with Crippen LogP contribution in [0.15, 0.2) is 84.9 Å². The predicted octanol–water partition coefficient (Wildman–Crippen LogP) is 6.46. The fourth-order valence-electron chi connectivity index (χ4n) is 4.76. The van der Waals surface area contributed by atoms with Gasteiger partial charge in [0, 0.05) is 23.3 Å². The van der Waals surface area contributed by atoms with Crippen molar-refractivity contribution in [3.05, 3.63) is 118 Å². The fraction of sp³-hybridized carbons (Fsp3) is 0.143. The summed E-state index contributed by atoms with van der Waals surface area (Å²) in [5.74, 6) is 1.59. The van der Waals surface area contributed by atoms with Crippen molar-refractivity contribution in [2.45, 2.75) is 25.7 Å². The topological polar surface area (TPSA) is 49.7 Å². The molecule has 4 aromatic rings. The van der Waals surface area contributed by atoms with Crippen molar-refractivity contribution in [2.24, 2.45) is 0 Å². The molecule has 0 unspecified atom stereocenters. The van der Waals surface area contributed by atoms with Crippen molar-refractivity contribution < 1.29 is 14.9 Å². The van der Waals surface area contributed by atoms with Gasteiger partial charge >= 0.3 is 0 Å². The first-order valence-corrected chi connectivity index (χ1v) is 10.5. The minimum Gasteiger partial charge on any atom is -0.508 e. The fourth-order valence-corrected chi connectivity index (χ4v) is 4.76. The Morgan fingerprint density at radius 1 is 0.710 bits per heavy atom. The Morgan fingerprint density at radius 2 is 1.23 bits per heavy atom. The Morgan fingerprint density at radius 3 is 1.77 bits per heavy atom. The molecule has 1 aliphatic heterocycles. The zero-order chi connectivity index (χ0) is 21.6. The third-order valence-electron chi connectivity index (χ3n) is 6.30. The van der Waals surface area contributed by atoms with E-state index in [0.717, 1.165) is 33.4 Å². The molecular formula is C28H24O3. The maximum absolute atomic E-state index is 10.6. The first-order valence-electron chi connectivity index (χ1n) is 10.5. The molecule has 0 saturated heterocycles. The first-order chi connectivity index (χ1) is 15.1. The molecule has 154 valence electrons. The molecule has 3 heteroatoms. The van der Waals surface area contributed by atoms with Gasteiger partial charge in [0.05, 0.1) is 5.41 Å². The van der Waals surface area contributed by atoms with Crippen LogP contribution >= 0.6 is 0 Å². The third-order valence-corrected chi connectivity index (χ3v) is 6.30. The lowest BCUT2D eigenvalue weighted by Gasteiger charge is -2.42. The summed E-state index contributed by atoms with van der Waals surface area (Å²) in [4.78, 5) is 0. The lowest BCUT2D eigenvalue weighted by Crippen LogP contribution is -2.34. The molecule has 0 spiro atoms. The molecule has 0 atom stereocenters. The van der Waals surface area contributed by atoms with E-state index >= 15 is 0 Å². The minimum absolute atomic E-state index is 0.187. The standard InChI is InChI=1S/C28H24O3/c1-3-19-15-23-27(17-25(19)30)31-26-16-24(29)18(2)14-22(26)28(23,20-10-6-4-7-11-20)21-12-8-5-9-13-21/h4-17,29-30H,3H2,1-2H3. The normalized spacial score (nSPS) is 13.7. The molecule has 1 heterocycles. The molecule has 1 aliphatic rings. The lowest BCUT2D eigenvalue weighted by atomic mass is 9.63. The van der Waals surface area contributed by atoms with E-state index < -0.39 is 5.41 Å². The Hall–Kier alpha value is -3.72. The monoisotopic (exact) mass is 408 g/mol. The smallest absolute Gasteiger partial charge is 0.135 e. The minimum atomic E-state index is -0.651. The molecule has 4 aromatic carbocycles. The Balaban J connectivity index is 1.99. The second kappa shape index (κ2) is 7.21. The van der Waals surface area contributed by atoms with E-state index in [2.05, 4.69) is 30.3 Å². The summed E-state index contributed by atoms with van der Waals surface area (Å²) < 4.78 is 6.27. The number of fused-ring (bicyclic) bond motifs is 2. The van der Waals surface area contributed by atoms with E-state index in [1.165, 1.54) is 0 Å². The molecule has 0 aromatic heterocycles. The van der Waals surface area contributed by atoms with Crippen molar-refractivity contribution >= 4 is 0 Å². The molecule has 0 saturated carbocycles. The van der Waals surface area contributed by atoms with Gasteiger partial charge in [-0.25, -0.2) is 0 Å². The van der Waals surface area contributed by atoms with E-state index in [1.807, 2.05) is 56.3 Å². The summed E-state index contributed by atoms with van der Waals surface area (Å²) in [6.45, 7) is 3.94. The van der Waals surface area contributed by atoms with Crippen molar-refractivity contribution in [1.29, 1.82) is 0 Å². The number of hydrogen-bond acceptors (Lipinski definition) is 3. The summed E-state index contributed by atoms with van der Waals surface area (Å²) in [5, 5.41) is 21.0. The molecule has 2 N–H and O–H groups in total. The van der Waals surface area contributed by atoms with Crippen LogP contribution in [0.1, 0.15) is 40.3 Å². The van der Waals surface area contributed by atoms with Gasteiger partial charge in [-0.15, -0.1) is 0 Å². The quantitative estimate of drug-likeness (QED) is 0.360. The number of rotatable bonds is 3. The summed E-state index contributed by atoms with van der Waals surface area (Å²) in [7, 11) is 0. The summed E-state index contributed by atoms with van der Waals surface area (Å²) in [5.41, 5.74) is 5.17. The Bertz CT molecular complexity index is 1220. The first kappa shape index (κ1) is 19.3. The van der Waals surface area contributed by atoms with Gasteiger partial charge in [-0.1, -0.05) is 67.6 Å². The van der Waals surface area contributed by atoms with Gasteiger partial charge in [-0.05, 0) is 47.7 Å². The summed E-state index contributed by atoms with van der Waals surface area (Å²) in [6, 6.07) is 28.2. The summed E-state index contributed by atoms with van der Waals surface area (Å²) in [6.07, 6.45) is 0.709. The maximum atomic E-state index is 10.6. The van der Waals surface area contributed by atoms with Crippen molar-refractivity contribution in [2.75, 3.05) is 0 Å². The van der Waals surface area contributed by atoms with Crippen LogP contribution in [0.5, 0.6) is 23.0 Å². The molecule has 0 fully saturated rings. The maximum Gasteiger partial charge on any atom is 0.135 e. The highest BCUT2D eigenvalue weighted by Gasteiger charge is 2.46. The van der Waals surface area contributed by atoms with E-state index in [1.54, 1.807) is 12.1 Å². The van der Waals surface area contributed by atoms with Crippen LogP contribution in [0, 0.1) is 6.92 Å². The van der Waals surface area contributed by atoms with E-state index in [0.29, 0.717) is 17.9 Å². The van der Waals surface area contributed by atoms with Gasteiger partial charge in [0.2, 0.25) is 0 Å². The second-order valence-corrected chi connectivity index (χ2v) is 8.05. The number of phenolic OH excluding ortho intramolecular Hbond substituents is 2. The number of ether oxygens (including phenoxy) is 1. The highest BCUT2D eigenvalue weighted by molar-refractivity contribution is 5.71. The van der Waals surface area contributed by atoms with Crippen LogP contribution in [0.3, 0.4) is 0 Å². The second-order valence-electron chi connectivity index (χ2n) is 8.05. The zero-order valence-corrected chi connectivity index (χ0v) is 17.6. The van der Waals surface area contributed by atoms with Gasteiger partial charge in [0.15, 0.2) is 0 Å².